The number of carbonyl (C=O) groups is 1. The number of nitrogens with two attached hydrogens (primary N) is 1. The second-order valence-corrected chi connectivity index (χ2v) is 8.43. The monoisotopic (exact) mass is 439 g/mol. The van der Waals surface area contributed by atoms with Crippen molar-refractivity contribution in [1.82, 2.24) is 14.9 Å². The molecule has 0 saturated carbocycles. The van der Waals surface area contributed by atoms with Crippen LogP contribution < -0.4 is 16.4 Å². The fraction of sp³-hybridized carbons (Fsp3) is 0.625. The molecule has 0 aliphatic carbocycles. The number of halogens is 3. The maximum atomic E-state index is 12.6. The number of furan rings is 1. The first-order chi connectivity index (χ1) is 13.5. The highest BCUT2D eigenvalue weighted by Gasteiger charge is 2.50. The highest BCUT2D eigenvalue weighted by atomic mass is 32.2. The number of alkyl halides is 3. The van der Waals surface area contributed by atoms with Crippen LogP contribution in [0.5, 0.6) is 0 Å². The number of aliphatic imine (C=N–C) groups is 1. The Morgan fingerprint density at radius 1 is 1.31 bits per heavy atom. The maximum absolute atomic E-state index is 12.6. The number of primary amides is 1. The topological polar surface area (TPSA) is 130 Å². The van der Waals surface area contributed by atoms with Gasteiger partial charge in [0, 0.05) is 26.2 Å². The van der Waals surface area contributed by atoms with Gasteiger partial charge in [-0.2, -0.15) is 17.5 Å². The van der Waals surface area contributed by atoms with Gasteiger partial charge in [0.1, 0.15) is 12.3 Å². The first-order valence-corrected chi connectivity index (χ1v) is 10.5. The Balaban J connectivity index is 1.87. The quantitative estimate of drug-likeness (QED) is 0.429. The Bertz CT molecular complexity index is 830. The minimum Gasteiger partial charge on any atom is -0.454 e. The predicted molar refractivity (Wildman–Crippen MR) is 99.3 cm³/mol. The number of guanidine groups is 1. The van der Waals surface area contributed by atoms with Crippen molar-refractivity contribution < 1.29 is 30.8 Å². The van der Waals surface area contributed by atoms with Gasteiger partial charge < -0.3 is 20.8 Å². The average Bonchev–Trinajstić information content (AvgIpc) is 3.13. The first-order valence-electron chi connectivity index (χ1n) is 9.01. The van der Waals surface area contributed by atoms with Crippen LogP contribution >= 0.6 is 0 Å². The third kappa shape index (κ3) is 6.10. The van der Waals surface area contributed by atoms with Crippen molar-refractivity contribution in [2.75, 3.05) is 26.2 Å². The molecule has 0 atom stereocenters. The van der Waals surface area contributed by atoms with Crippen LogP contribution in [0.1, 0.15) is 36.1 Å². The van der Waals surface area contributed by atoms with Crippen LogP contribution in [0.25, 0.3) is 0 Å². The van der Waals surface area contributed by atoms with Crippen LogP contribution in [-0.2, 0) is 16.6 Å². The number of rotatable bonds is 7. The van der Waals surface area contributed by atoms with E-state index in [1.54, 1.807) is 6.07 Å². The average molecular weight is 439 g/mol. The third-order valence-corrected chi connectivity index (χ3v) is 6.04. The molecule has 1 aromatic heterocycles. The van der Waals surface area contributed by atoms with Crippen LogP contribution in [-0.4, -0.2) is 56.3 Å². The molecule has 1 saturated heterocycles. The van der Waals surface area contributed by atoms with E-state index < -0.39 is 21.4 Å². The summed E-state index contributed by atoms with van der Waals surface area (Å²) in [5, 5.41) is 6.11. The van der Waals surface area contributed by atoms with Crippen molar-refractivity contribution in [2.45, 2.75) is 31.8 Å². The van der Waals surface area contributed by atoms with E-state index in [4.69, 9.17) is 10.2 Å². The number of amides is 1. The highest BCUT2D eigenvalue weighted by Crippen LogP contribution is 2.30. The maximum Gasteiger partial charge on any atom is 0.511 e. The first kappa shape index (κ1) is 23.0. The van der Waals surface area contributed by atoms with Gasteiger partial charge in [-0.1, -0.05) is 0 Å². The van der Waals surface area contributed by atoms with Gasteiger partial charge in [-0.05, 0) is 37.8 Å². The molecule has 0 unspecified atom stereocenters. The van der Waals surface area contributed by atoms with E-state index in [1.807, 2.05) is 6.92 Å². The second-order valence-electron chi connectivity index (χ2n) is 6.50. The summed E-state index contributed by atoms with van der Waals surface area (Å²) >= 11 is 0. The van der Waals surface area contributed by atoms with Crippen molar-refractivity contribution in [3.63, 3.8) is 0 Å². The van der Waals surface area contributed by atoms with Gasteiger partial charge >= 0.3 is 15.5 Å². The van der Waals surface area contributed by atoms with E-state index in [2.05, 4.69) is 15.6 Å². The second kappa shape index (κ2) is 9.48. The van der Waals surface area contributed by atoms with Gasteiger partial charge in [0.2, 0.25) is 0 Å². The standard InChI is InChI=1S/C16H24F3N5O4S/c1-2-21-15(23-10-12-3-4-13(28-12)14(20)25)22-9-11-5-7-24(8-6-11)29(26,27)16(17,18)19/h3-4,11H,2,5-10H2,1H3,(H2,20,25)(H2,21,22,23). The van der Waals surface area contributed by atoms with E-state index in [-0.39, 0.29) is 31.3 Å². The zero-order chi connectivity index (χ0) is 21.7. The van der Waals surface area contributed by atoms with Crippen LogP contribution in [0.3, 0.4) is 0 Å². The third-order valence-electron chi connectivity index (χ3n) is 4.41. The molecule has 0 radical (unpaired) electrons. The van der Waals surface area contributed by atoms with Gasteiger partial charge in [0.15, 0.2) is 11.7 Å². The summed E-state index contributed by atoms with van der Waals surface area (Å²) < 4.78 is 66.5. The molecule has 1 aromatic rings. The molecular formula is C16H24F3N5O4S. The SMILES string of the molecule is CCNC(=NCc1ccc(C(N)=O)o1)NCC1CCN(S(=O)(=O)C(F)(F)F)CC1. The largest absolute Gasteiger partial charge is 0.511 e. The number of nitrogens with zero attached hydrogens (tertiary/aromatic N) is 2. The number of carbonyl (C=O) groups excluding carboxylic acids is 1. The fourth-order valence-electron chi connectivity index (χ4n) is 2.84. The minimum absolute atomic E-state index is 0.00335. The Labute approximate surface area is 166 Å². The van der Waals surface area contributed by atoms with Crippen molar-refractivity contribution in [3.05, 3.63) is 23.7 Å². The van der Waals surface area contributed by atoms with E-state index in [1.165, 1.54) is 6.07 Å². The molecule has 2 rings (SSSR count). The lowest BCUT2D eigenvalue weighted by molar-refractivity contribution is -0.0496. The number of hydrogen-bond acceptors (Lipinski definition) is 5. The Hall–Kier alpha value is -2.28. The van der Waals surface area contributed by atoms with Crippen LogP contribution in [0, 0.1) is 5.92 Å². The molecule has 2 heterocycles. The van der Waals surface area contributed by atoms with E-state index >= 15 is 0 Å². The molecule has 9 nitrogen and oxygen atoms in total. The number of nitrogens with one attached hydrogen (secondary N) is 2. The molecule has 164 valence electrons. The molecule has 1 aliphatic heterocycles. The summed E-state index contributed by atoms with van der Waals surface area (Å²) in [4.78, 5) is 15.4. The zero-order valence-corrected chi connectivity index (χ0v) is 16.6. The minimum atomic E-state index is -5.27. The lowest BCUT2D eigenvalue weighted by Gasteiger charge is -2.31. The van der Waals surface area contributed by atoms with Gasteiger partial charge in [0.05, 0.1) is 0 Å². The highest BCUT2D eigenvalue weighted by molar-refractivity contribution is 7.90. The summed E-state index contributed by atoms with van der Waals surface area (Å²) in [6, 6.07) is 3.04. The van der Waals surface area contributed by atoms with Gasteiger partial charge in [-0.3, -0.25) is 4.79 Å². The Morgan fingerprint density at radius 3 is 2.48 bits per heavy atom. The molecule has 4 N–H and O–H groups in total. The molecule has 1 amide bonds. The van der Waals surface area contributed by atoms with Crippen molar-refractivity contribution >= 4 is 21.9 Å². The number of hydrogen-bond donors (Lipinski definition) is 3. The van der Waals surface area contributed by atoms with Crippen molar-refractivity contribution in [2.24, 2.45) is 16.6 Å². The zero-order valence-electron chi connectivity index (χ0n) is 15.8. The Kier molecular flexibility index (Phi) is 7.52. The molecule has 1 aliphatic rings. The molecule has 13 heteroatoms. The van der Waals surface area contributed by atoms with E-state index in [0.717, 1.165) is 0 Å². The molecule has 0 aromatic carbocycles. The van der Waals surface area contributed by atoms with Crippen LogP contribution in [0.15, 0.2) is 21.5 Å². The van der Waals surface area contributed by atoms with Crippen molar-refractivity contribution in [1.29, 1.82) is 0 Å². The smallest absolute Gasteiger partial charge is 0.454 e. The summed E-state index contributed by atoms with van der Waals surface area (Å²) in [5.74, 6) is 0.276. The molecular weight excluding hydrogens is 415 g/mol. The Morgan fingerprint density at radius 2 is 1.97 bits per heavy atom. The van der Waals surface area contributed by atoms with Gasteiger partial charge in [-0.25, -0.2) is 13.4 Å². The van der Waals surface area contributed by atoms with E-state index in [0.29, 0.717) is 42.0 Å². The lowest BCUT2D eigenvalue weighted by Crippen LogP contribution is -2.47. The number of sulfonamides is 1. The molecule has 29 heavy (non-hydrogen) atoms. The molecule has 0 bridgehead atoms. The molecule has 0 spiro atoms. The number of piperidine rings is 1. The normalized spacial score (nSPS) is 17.3. The summed E-state index contributed by atoms with van der Waals surface area (Å²) in [7, 11) is -5.27. The summed E-state index contributed by atoms with van der Waals surface area (Å²) in [6.07, 6.45) is 0.615. The van der Waals surface area contributed by atoms with Crippen LogP contribution in [0.4, 0.5) is 13.2 Å². The van der Waals surface area contributed by atoms with Gasteiger partial charge in [-0.15, -0.1) is 0 Å². The van der Waals surface area contributed by atoms with E-state index in [9.17, 15) is 26.4 Å². The summed E-state index contributed by atoms with van der Waals surface area (Å²) in [5.41, 5.74) is -0.150. The fourth-order valence-corrected chi connectivity index (χ4v) is 3.82. The van der Waals surface area contributed by atoms with Crippen molar-refractivity contribution in [3.8, 4) is 0 Å². The van der Waals surface area contributed by atoms with Gasteiger partial charge in [0.25, 0.3) is 5.91 Å². The summed E-state index contributed by atoms with van der Waals surface area (Å²) in [6.45, 7) is 2.68. The lowest BCUT2D eigenvalue weighted by atomic mass is 9.98. The molecule has 1 fully saturated rings. The predicted octanol–water partition coefficient (Wildman–Crippen LogP) is 0.995. The van der Waals surface area contributed by atoms with Crippen LogP contribution in [0.2, 0.25) is 0 Å².